The van der Waals surface area contributed by atoms with E-state index in [1.54, 1.807) is 0 Å². The van der Waals surface area contributed by atoms with Crippen molar-refractivity contribution in [3.63, 3.8) is 0 Å². The van der Waals surface area contributed by atoms with E-state index in [4.69, 9.17) is 4.74 Å². The van der Waals surface area contributed by atoms with Crippen molar-refractivity contribution in [2.45, 2.75) is 90.6 Å². The van der Waals surface area contributed by atoms with E-state index in [0.29, 0.717) is 13.0 Å². The Balaban J connectivity index is 3.36. The average Bonchev–Trinajstić information content (AvgIpc) is 2.39. The van der Waals surface area contributed by atoms with Crippen molar-refractivity contribution in [2.75, 3.05) is 6.61 Å². The number of unbranched alkanes of at least 4 members (excludes halogenated alkanes) is 7. The third-order valence-electron chi connectivity index (χ3n) is 3.30. The van der Waals surface area contributed by atoms with Crippen molar-refractivity contribution in [2.24, 2.45) is 0 Å². The van der Waals surface area contributed by atoms with Crippen LogP contribution in [0.25, 0.3) is 0 Å². The molecule has 0 bridgehead atoms. The van der Waals surface area contributed by atoms with Crippen LogP contribution in [0, 0.1) is 0 Å². The molecule has 3 nitrogen and oxygen atoms in total. The quantitative estimate of drug-likeness (QED) is 0.403. The Morgan fingerprint density at radius 3 is 2.16 bits per heavy atom. The lowest BCUT2D eigenvalue weighted by atomic mass is 10.1. The van der Waals surface area contributed by atoms with E-state index >= 15 is 0 Å². The summed E-state index contributed by atoms with van der Waals surface area (Å²) in [6, 6.07) is 0. The molecule has 1 unspecified atom stereocenters. The molecule has 0 aromatic rings. The van der Waals surface area contributed by atoms with Crippen LogP contribution in [0.4, 0.5) is 0 Å². The second-order valence-corrected chi connectivity index (χ2v) is 5.34. The summed E-state index contributed by atoms with van der Waals surface area (Å²) in [5.74, 6) is -0.251. The van der Waals surface area contributed by atoms with Crippen LogP contribution in [-0.4, -0.2) is 23.8 Å². The van der Waals surface area contributed by atoms with Crippen molar-refractivity contribution < 1.29 is 14.6 Å². The predicted octanol–water partition coefficient (Wildman–Crippen LogP) is 4.22. The number of ether oxygens (including phenoxy) is 1. The van der Waals surface area contributed by atoms with Crippen LogP contribution < -0.4 is 0 Å². The molecule has 1 atom stereocenters. The van der Waals surface area contributed by atoms with Crippen LogP contribution >= 0.6 is 0 Å². The van der Waals surface area contributed by atoms with Crippen LogP contribution in [0.2, 0.25) is 0 Å². The van der Waals surface area contributed by atoms with Gasteiger partial charge in [-0.25, -0.2) is 0 Å². The monoisotopic (exact) mass is 272 g/mol. The molecule has 114 valence electrons. The molecule has 0 fully saturated rings. The minimum absolute atomic E-state index is 0.154. The van der Waals surface area contributed by atoms with Crippen LogP contribution in [0.3, 0.4) is 0 Å². The Morgan fingerprint density at radius 2 is 1.53 bits per heavy atom. The van der Waals surface area contributed by atoms with Gasteiger partial charge in [0.25, 0.3) is 0 Å². The summed E-state index contributed by atoms with van der Waals surface area (Å²) >= 11 is 0. The molecular weight excluding hydrogens is 240 g/mol. The third kappa shape index (κ3) is 13.7. The number of carbonyl (C=O) groups excluding carboxylic acids is 1. The molecular formula is C16H32O3. The van der Waals surface area contributed by atoms with E-state index in [0.717, 1.165) is 25.7 Å². The van der Waals surface area contributed by atoms with Crippen LogP contribution in [-0.2, 0) is 9.53 Å². The highest BCUT2D eigenvalue weighted by Gasteiger charge is 2.11. The summed E-state index contributed by atoms with van der Waals surface area (Å²) in [4.78, 5) is 11.4. The van der Waals surface area contributed by atoms with Gasteiger partial charge >= 0.3 is 5.97 Å². The number of hydrogen-bond donors (Lipinski definition) is 1. The van der Waals surface area contributed by atoms with Gasteiger partial charge in [-0.2, -0.15) is 0 Å². The van der Waals surface area contributed by atoms with Crippen LogP contribution in [0.15, 0.2) is 0 Å². The summed E-state index contributed by atoms with van der Waals surface area (Å²) in [5.41, 5.74) is 0. The fraction of sp³-hybridized carbons (Fsp3) is 0.938. The van der Waals surface area contributed by atoms with Crippen molar-refractivity contribution in [3.05, 3.63) is 0 Å². The second kappa shape index (κ2) is 13.9. The highest BCUT2D eigenvalue weighted by molar-refractivity contribution is 5.69. The summed E-state index contributed by atoms with van der Waals surface area (Å²) in [7, 11) is 0. The highest BCUT2D eigenvalue weighted by atomic mass is 16.5. The molecule has 0 heterocycles. The summed E-state index contributed by atoms with van der Waals surface area (Å²) in [6.07, 6.45) is 10.6. The molecule has 0 radical (unpaired) electrons. The first kappa shape index (κ1) is 18.4. The second-order valence-electron chi connectivity index (χ2n) is 5.34. The molecule has 0 spiro atoms. The van der Waals surface area contributed by atoms with Gasteiger partial charge in [0.1, 0.15) is 0 Å². The Morgan fingerprint density at radius 1 is 0.947 bits per heavy atom. The number of aliphatic hydroxyl groups is 1. The first-order valence-corrected chi connectivity index (χ1v) is 8.04. The first-order chi connectivity index (χ1) is 9.20. The molecule has 0 rings (SSSR count). The van der Waals surface area contributed by atoms with Gasteiger partial charge in [0.2, 0.25) is 0 Å². The molecule has 0 amide bonds. The van der Waals surface area contributed by atoms with Crippen LogP contribution in [0.5, 0.6) is 0 Å². The van der Waals surface area contributed by atoms with Gasteiger partial charge in [0, 0.05) is 0 Å². The molecule has 0 aliphatic rings. The Bertz CT molecular complexity index is 204. The number of carbonyl (C=O) groups is 1. The van der Waals surface area contributed by atoms with Crippen molar-refractivity contribution in [3.8, 4) is 0 Å². The summed E-state index contributed by atoms with van der Waals surface area (Å²) in [5, 5.41) is 9.69. The molecule has 1 N–H and O–H groups in total. The molecule has 0 saturated carbocycles. The van der Waals surface area contributed by atoms with E-state index in [9.17, 15) is 9.90 Å². The maximum absolute atomic E-state index is 11.4. The van der Waals surface area contributed by atoms with Gasteiger partial charge in [-0.3, -0.25) is 4.79 Å². The summed E-state index contributed by atoms with van der Waals surface area (Å²) < 4.78 is 5.12. The smallest absolute Gasteiger partial charge is 0.308 e. The Kier molecular flexibility index (Phi) is 13.4. The molecule has 0 aromatic carbocycles. The third-order valence-corrected chi connectivity index (χ3v) is 3.30. The van der Waals surface area contributed by atoms with E-state index in [2.05, 4.69) is 13.8 Å². The van der Waals surface area contributed by atoms with Gasteiger partial charge < -0.3 is 9.84 Å². The SMILES string of the molecule is CCCCCCCOC(=O)CC(O)CCCCCC. The first-order valence-electron chi connectivity index (χ1n) is 8.04. The molecule has 0 aliphatic heterocycles. The van der Waals surface area contributed by atoms with Crippen molar-refractivity contribution >= 4 is 5.97 Å². The van der Waals surface area contributed by atoms with Crippen molar-refractivity contribution in [1.29, 1.82) is 0 Å². The van der Waals surface area contributed by atoms with Gasteiger partial charge in [-0.05, 0) is 12.8 Å². The topological polar surface area (TPSA) is 46.5 Å². The number of esters is 1. The largest absolute Gasteiger partial charge is 0.466 e. The van der Waals surface area contributed by atoms with E-state index < -0.39 is 6.10 Å². The van der Waals surface area contributed by atoms with E-state index in [1.807, 2.05) is 0 Å². The Hall–Kier alpha value is -0.570. The summed E-state index contributed by atoms with van der Waals surface area (Å²) in [6.45, 7) is 4.85. The molecule has 0 aliphatic carbocycles. The molecule has 19 heavy (non-hydrogen) atoms. The minimum atomic E-state index is -0.524. The lowest BCUT2D eigenvalue weighted by molar-refractivity contribution is -0.146. The zero-order chi connectivity index (χ0) is 14.3. The molecule has 3 heteroatoms. The predicted molar refractivity (Wildman–Crippen MR) is 79.1 cm³/mol. The zero-order valence-corrected chi connectivity index (χ0v) is 12.8. The zero-order valence-electron chi connectivity index (χ0n) is 12.8. The van der Waals surface area contributed by atoms with E-state index in [-0.39, 0.29) is 12.4 Å². The van der Waals surface area contributed by atoms with Crippen LogP contribution in [0.1, 0.15) is 84.5 Å². The normalized spacial score (nSPS) is 12.4. The fourth-order valence-electron chi connectivity index (χ4n) is 2.05. The number of aliphatic hydroxyl groups excluding tert-OH is 1. The standard InChI is InChI=1S/C16H32O3/c1-3-5-7-9-11-13-19-16(18)14-15(17)12-10-8-6-4-2/h15,17H,3-14H2,1-2H3. The van der Waals surface area contributed by atoms with Crippen molar-refractivity contribution in [1.82, 2.24) is 0 Å². The highest BCUT2D eigenvalue weighted by Crippen LogP contribution is 2.09. The minimum Gasteiger partial charge on any atom is -0.466 e. The Labute approximate surface area is 118 Å². The lowest BCUT2D eigenvalue weighted by Gasteiger charge is -2.10. The van der Waals surface area contributed by atoms with Gasteiger partial charge in [0.15, 0.2) is 0 Å². The average molecular weight is 272 g/mol. The molecule has 0 saturated heterocycles. The van der Waals surface area contributed by atoms with Gasteiger partial charge in [-0.1, -0.05) is 65.2 Å². The van der Waals surface area contributed by atoms with Gasteiger partial charge in [0.05, 0.1) is 19.1 Å². The van der Waals surface area contributed by atoms with E-state index in [1.165, 1.54) is 32.1 Å². The number of rotatable bonds is 13. The fourth-order valence-corrected chi connectivity index (χ4v) is 2.05. The molecule has 0 aromatic heterocycles. The lowest BCUT2D eigenvalue weighted by Crippen LogP contribution is -2.16. The maximum atomic E-state index is 11.4. The maximum Gasteiger partial charge on any atom is 0.308 e. The number of hydrogen-bond acceptors (Lipinski definition) is 3. The van der Waals surface area contributed by atoms with Gasteiger partial charge in [-0.15, -0.1) is 0 Å².